The lowest BCUT2D eigenvalue weighted by atomic mass is 9.95. The summed E-state index contributed by atoms with van der Waals surface area (Å²) < 4.78 is 9.91. The van der Waals surface area contributed by atoms with Crippen molar-refractivity contribution in [3.05, 3.63) is 49.8 Å². The number of ether oxygens (including phenoxy) is 1. The van der Waals surface area contributed by atoms with Crippen LogP contribution < -0.4 is 5.32 Å². The Morgan fingerprint density at radius 2 is 2.00 bits per heavy atom. The van der Waals surface area contributed by atoms with Crippen molar-refractivity contribution in [2.24, 2.45) is 0 Å². The van der Waals surface area contributed by atoms with Gasteiger partial charge in [-0.15, -0.1) is 11.3 Å². The summed E-state index contributed by atoms with van der Waals surface area (Å²) in [7, 11) is 0. The third kappa shape index (κ3) is 4.52. The van der Waals surface area contributed by atoms with Gasteiger partial charge in [0, 0.05) is 11.1 Å². The number of aromatic nitrogens is 4. The Bertz CT molecular complexity index is 1180. The molecule has 10 heteroatoms. The average Bonchev–Trinajstić information content (AvgIpc) is 3.41. The van der Waals surface area contributed by atoms with Gasteiger partial charge < -0.3 is 10.1 Å². The molecule has 0 aromatic carbocycles. The van der Waals surface area contributed by atoms with Crippen molar-refractivity contribution in [3.8, 4) is 0 Å². The van der Waals surface area contributed by atoms with E-state index in [1.807, 2.05) is 32.4 Å². The minimum Gasteiger partial charge on any atom is -0.459 e. The van der Waals surface area contributed by atoms with E-state index in [1.54, 1.807) is 16.9 Å². The van der Waals surface area contributed by atoms with Gasteiger partial charge in [-0.05, 0) is 80.9 Å². The highest BCUT2D eigenvalue weighted by molar-refractivity contribution is 9.10. The molecule has 1 amide bonds. The van der Waals surface area contributed by atoms with Crippen LogP contribution in [-0.4, -0.2) is 37.5 Å². The standard InChI is InChI=1S/C22H26BrN5O3S/c1-12(2)31-22(30)18-15-7-5-6-8-17(15)32-21(18)24-20(29)16-9-10-27(26-16)11-28-14(4)19(23)13(3)25-28/h9-10,12H,5-8,11H2,1-4H3,(H,24,29). The first-order valence-electron chi connectivity index (χ1n) is 10.6. The van der Waals surface area contributed by atoms with Crippen LogP contribution in [-0.2, 0) is 24.2 Å². The molecule has 0 spiro atoms. The number of halogens is 1. The number of rotatable bonds is 6. The molecule has 0 saturated heterocycles. The second-order valence-corrected chi connectivity index (χ2v) is 10.1. The van der Waals surface area contributed by atoms with Gasteiger partial charge in [0.05, 0.1) is 27.5 Å². The van der Waals surface area contributed by atoms with E-state index in [9.17, 15) is 9.59 Å². The van der Waals surface area contributed by atoms with E-state index in [1.165, 1.54) is 11.3 Å². The molecule has 170 valence electrons. The average molecular weight is 520 g/mol. The Morgan fingerprint density at radius 3 is 2.69 bits per heavy atom. The fourth-order valence-corrected chi connectivity index (χ4v) is 5.38. The number of carbonyl (C=O) groups is 2. The zero-order valence-corrected chi connectivity index (χ0v) is 21.0. The molecule has 3 heterocycles. The van der Waals surface area contributed by atoms with Crippen LogP contribution in [0.2, 0.25) is 0 Å². The fraction of sp³-hybridized carbons (Fsp3) is 0.455. The zero-order chi connectivity index (χ0) is 23.0. The number of amides is 1. The second-order valence-electron chi connectivity index (χ2n) is 8.19. The molecule has 8 nitrogen and oxygen atoms in total. The van der Waals surface area contributed by atoms with Crippen LogP contribution in [0.1, 0.15) is 69.4 Å². The number of carbonyl (C=O) groups excluding carboxylic acids is 2. The molecule has 3 aromatic rings. The number of hydrogen-bond acceptors (Lipinski definition) is 6. The molecular formula is C22H26BrN5O3S. The maximum atomic E-state index is 13.0. The summed E-state index contributed by atoms with van der Waals surface area (Å²) in [6.45, 7) is 7.94. The molecule has 1 aliphatic carbocycles. The molecule has 1 N–H and O–H groups in total. The summed E-state index contributed by atoms with van der Waals surface area (Å²) in [5, 5.41) is 12.3. The summed E-state index contributed by atoms with van der Waals surface area (Å²) in [5.74, 6) is -0.731. The first-order chi connectivity index (χ1) is 15.2. The van der Waals surface area contributed by atoms with Gasteiger partial charge in [-0.2, -0.15) is 10.2 Å². The number of esters is 1. The molecule has 1 aliphatic rings. The summed E-state index contributed by atoms with van der Waals surface area (Å²) >= 11 is 4.99. The van der Waals surface area contributed by atoms with Crippen LogP contribution in [0.3, 0.4) is 0 Å². The third-order valence-corrected chi connectivity index (χ3v) is 7.75. The summed E-state index contributed by atoms with van der Waals surface area (Å²) in [6.07, 6.45) is 5.39. The molecule has 32 heavy (non-hydrogen) atoms. The number of hydrogen-bond donors (Lipinski definition) is 1. The first-order valence-corrected chi connectivity index (χ1v) is 12.3. The Morgan fingerprint density at radius 1 is 1.25 bits per heavy atom. The van der Waals surface area contributed by atoms with Crippen LogP contribution in [0.4, 0.5) is 5.00 Å². The van der Waals surface area contributed by atoms with Gasteiger partial charge in [-0.1, -0.05) is 0 Å². The smallest absolute Gasteiger partial charge is 0.341 e. The second kappa shape index (κ2) is 9.19. The normalized spacial score (nSPS) is 13.3. The van der Waals surface area contributed by atoms with Gasteiger partial charge >= 0.3 is 5.97 Å². The predicted molar refractivity (Wildman–Crippen MR) is 126 cm³/mol. The van der Waals surface area contributed by atoms with E-state index in [2.05, 4.69) is 31.4 Å². The number of fused-ring (bicyclic) bond motifs is 1. The van der Waals surface area contributed by atoms with Crippen LogP contribution in [0, 0.1) is 13.8 Å². The molecule has 0 unspecified atom stereocenters. The molecule has 0 radical (unpaired) electrons. The number of aryl methyl sites for hydroxylation is 2. The van der Waals surface area contributed by atoms with Crippen molar-refractivity contribution in [2.45, 2.75) is 66.2 Å². The predicted octanol–water partition coefficient (Wildman–Crippen LogP) is 4.72. The molecule has 3 aromatic heterocycles. The first kappa shape index (κ1) is 22.7. The van der Waals surface area contributed by atoms with E-state index >= 15 is 0 Å². The topological polar surface area (TPSA) is 91.0 Å². The highest BCUT2D eigenvalue weighted by Gasteiger charge is 2.28. The van der Waals surface area contributed by atoms with E-state index < -0.39 is 0 Å². The molecule has 0 saturated carbocycles. The Labute approximate surface area is 199 Å². The zero-order valence-electron chi connectivity index (χ0n) is 18.6. The summed E-state index contributed by atoms with van der Waals surface area (Å²) in [5.41, 5.74) is 3.68. The van der Waals surface area contributed by atoms with E-state index in [0.29, 0.717) is 17.2 Å². The van der Waals surface area contributed by atoms with Crippen molar-refractivity contribution in [1.29, 1.82) is 0 Å². The molecule has 0 atom stereocenters. The Kier molecular flexibility index (Phi) is 6.52. The van der Waals surface area contributed by atoms with Crippen LogP contribution in [0.15, 0.2) is 16.7 Å². The Hall–Kier alpha value is -2.46. The highest BCUT2D eigenvalue weighted by Crippen LogP contribution is 2.39. The monoisotopic (exact) mass is 519 g/mol. The number of anilines is 1. The third-order valence-electron chi connectivity index (χ3n) is 5.39. The SMILES string of the molecule is Cc1nn(Cn2ccc(C(=O)Nc3sc4c(c3C(=O)OC(C)C)CCCC4)n2)c(C)c1Br. The number of nitrogens with zero attached hydrogens (tertiary/aromatic N) is 4. The van der Waals surface area contributed by atoms with Crippen molar-refractivity contribution in [2.75, 3.05) is 5.32 Å². The van der Waals surface area contributed by atoms with Crippen molar-refractivity contribution in [3.63, 3.8) is 0 Å². The molecule has 0 aliphatic heterocycles. The van der Waals surface area contributed by atoms with Crippen molar-refractivity contribution in [1.82, 2.24) is 19.6 Å². The summed E-state index contributed by atoms with van der Waals surface area (Å²) in [6, 6.07) is 1.66. The van der Waals surface area contributed by atoms with Crippen molar-refractivity contribution < 1.29 is 14.3 Å². The molecular weight excluding hydrogens is 494 g/mol. The van der Waals surface area contributed by atoms with Crippen LogP contribution in [0.5, 0.6) is 0 Å². The van der Waals surface area contributed by atoms with Crippen molar-refractivity contribution >= 4 is 44.1 Å². The summed E-state index contributed by atoms with van der Waals surface area (Å²) in [4.78, 5) is 26.9. The number of nitrogens with one attached hydrogen (secondary N) is 1. The van der Waals surface area contributed by atoms with Crippen LogP contribution >= 0.6 is 27.3 Å². The molecule has 0 bridgehead atoms. The van der Waals surface area contributed by atoms with Gasteiger partial charge in [0.15, 0.2) is 5.69 Å². The van der Waals surface area contributed by atoms with Crippen LogP contribution in [0.25, 0.3) is 0 Å². The minimum absolute atomic E-state index is 0.227. The molecule has 4 rings (SSSR count). The van der Waals surface area contributed by atoms with Gasteiger partial charge in [0.1, 0.15) is 11.7 Å². The lowest BCUT2D eigenvalue weighted by molar-refractivity contribution is 0.0378. The molecule has 0 fully saturated rings. The van der Waals surface area contributed by atoms with Gasteiger partial charge in [-0.3, -0.25) is 9.48 Å². The maximum Gasteiger partial charge on any atom is 0.341 e. The van der Waals surface area contributed by atoms with E-state index in [0.717, 1.165) is 52.0 Å². The van der Waals surface area contributed by atoms with Gasteiger partial charge in [0.2, 0.25) is 0 Å². The van der Waals surface area contributed by atoms with E-state index in [-0.39, 0.29) is 23.7 Å². The lowest BCUT2D eigenvalue weighted by Gasteiger charge is -2.14. The quantitative estimate of drug-likeness (QED) is 0.475. The lowest BCUT2D eigenvalue weighted by Crippen LogP contribution is -2.18. The largest absolute Gasteiger partial charge is 0.459 e. The van der Waals surface area contributed by atoms with Gasteiger partial charge in [-0.25, -0.2) is 9.48 Å². The van der Waals surface area contributed by atoms with Gasteiger partial charge in [0.25, 0.3) is 5.91 Å². The Balaban J connectivity index is 1.55. The number of thiophene rings is 1. The minimum atomic E-state index is -0.379. The van der Waals surface area contributed by atoms with E-state index in [4.69, 9.17) is 4.74 Å². The highest BCUT2D eigenvalue weighted by atomic mass is 79.9. The maximum absolute atomic E-state index is 13.0. The fourth-order valence-electron chi connectivity index (χ4n) is 3.82.